The Labute approximate surface area is 164 Å². The molecule has 3 aromatic rings. The molecule has 6 nitrogen and oxygen atoms in total. The molecule has 144 valence electrons. The van der Waals surface area contributed by atoms with Crippen molar-refractivity contribution in [2.45, 2.75) is 25.4 Å². The molecule has 0 aliphatic carbocycles. The Kier molecular flexibility index (Phi) is 4.62. The average Bonchev–Trinajstić information content (AvgIpc) is 3.38. The highest BCUT2D eigenvalue weighted by Gasteiger charge is 2.21. The predicted octanol–water partition coefficient (Wildman–Crippen LogP) is 3.68. The predicted molar refractivity (Wildman–Crippen MR) is 108 cm³/mol. The molecule has 0 amide bonds. The van der Waals surface area contributed by atoms with Gasteiger partial charge in [-0.2, -0.15) is 5.10 Å². The molecule has 0 unspecified atom stereocenters. The van der Waals surface area contributed by atoms with Crippen molar-refractivity contribution in [1.82, 2.24) is 14.7 Å². The third-order valence-electron chi connectivity index (χ3n) is 5.31. The number of ether oxygens (including phenoxy) is 2. The van der Waals surface area contributed by atoms with Crippen molar-refractivity contribution < 1.29 is 9.47 Å². The maximum absolute atomic E-state index is 5.49. The minimum absolute atomic E-state index is 0.312. The van der Waals surface area contributed by atoms with Gasteiger partial charge in [-0.3, -0.25) is 4.90 Å². The number of nitrogens with zero attached hydrogens (tertiary/aromatic N) is 3. The minimum atomic E-state index is 0.312. The number of nitrogens with one attached hydrogen (secondary N) is 1. The van der Waals surface area contributed by atoms with Gasteiger partial charge in [0.2, 0.25) is 6.79 Å². The molecule has 1 atom stereocenters. The first-order chi connectivity index (χ1) is 13.8. The second-order valence-electron chi connectivity index (χ2n) is 7.42. The second kappa shape index (κ2) is 7.56. The molecule has 0 saturated carbocycles. The smallest absolute Gasteiger partial charge is 0.231 e. The van der Waals surface area contributed by atoms with Crippen LogP contribution in [0.4, 0.5) is 5.69 Å². The fourth-order valence-corrected chi connectivity index (χ4v) is 3.96. The lowest BCUT2D eigenvalue weighted by Crippen LogP contribution is -2.41. The molecule has 5 rings (SSSR count). The van der Waals surface area contributed by atoms with Crippen LogP contribution in [0.25, 0.3) is 5.69 Å². The summed E-state index contributed by atoms with van der Waals surface area (Å²) in [5.41, 5.74) is 3.43. The monoisotopic (exact) mass is 376 g/mol. The van der Waals surface area contributed by atoms with Crippen molar-refractivity contribution >= 4 is 5.69 Å². The number of aromatic nitrogens is 2. The van der Waals surface area contributed by atoms with Gasteiger partial charge in [-0.1, -0.05) is 18.2 Å². The van der Waals surface area contributed by atoms with E-state index in [9.17, 15) is 0 Å². The van der Waals surface area contributed by atoms with Gasteiger partial charge in [-0.25, -0.2) is 4.68 Å². The molecule has 28 heavy (non-hydrogen) atoms. The molecule has 2 aromatic carbocycles. The summed E-state index contributed by atoms with van der Waals surface area (Å²) in [5.74, 6) is 1.65. The molecule has 2 aliphatic heterocycles. The third-order valence-corrected chi connectivity index (χ3v) is 5.31. The van der Waals surface area contributed by atoms with E-state index < -0.39 is 0 Å². The maximum atomic E-state index is 5.49. The van der Waals surface area contributed by atoms with Crippen LogP contribution in [0.3, 0.4) is 0 Å². The number of piperidine rings is 1. The molecule has 1 saturated heterocycles. The van der Waals surface area contributed by atoms with Crippen LogP contribution in [0.5, 0.6) is 11.5 Å². The summed E-state index contributed by atoms with van der Waals surface area (Å²) in [5, 5.41) is 8.18. The molecule has 1 N–H and O–H groups in total. The topological polar surface area (TPSA) is 51.5 Å². The highest BCUT2D eigenvalue weighted by atomic mass is 16.7. The van der Waals surface area contributed by atoms with Crippen molar-refractivity contribution in [3.63, 3.8) is 0 Å². The summed E-state index contributed by atoms with van der Waals surface area (Å²) in [6, 6.07) is 16.7. The van der Waals surface area contributed by atoms with Crippen LogP contribution in [-0.4, -0.2) is 40.6 Å². The van der Waals surface area contributed by atoms with E-state index in [2.05, 4.69) is 39.7 Å². The molecular weight excluding hydrogens is 352 g/mol. The van der Waals surface area contributed by atoms with Crippen molar-refractivity contribution in [3.05, 3.63) is 66.5 Å². The Balaban J connectivity index is 1.21. The molecule has 0 spiro atoms. The van der Waals surface area contributed by atoms with E-state index in [1.54, 1.807) is 0 Å². The summed E-state index contributed by atoms with van der Waals surface area (Å²) in [7, 11) is 0. The third kappa shape index (κ3) is 3.68. The lowest BCUT2D eigenvalue weighted by atomic mass is 10.0. The zero-order valence-corrected chi connectivity index (χ0v) is 15.8. The van der Waals surface area contributed by atoms with E-state index in [-0.39, 0.29) is 0 Å². The Morgan fingerprint density at radius 1 is 1.07 bits per heavy atom. The normalized spacial score (nSPS) is 18.9. The second-order valence-corrected chi connectivity index (χ2v) is 7.42. The summed E-state index contributed by atoms with van der Waals surface area (Å²) < 4.78 is 12.8. The van der Waals surface area contributed by atoms with Crippen LogP contribution < -0.4 is 14.8 Å². The lowest BCUT2D eigenvalue weighted by Gasteiger charge is -2.33. The number of hydrogen-bond donors (Lipinski definition) is 1. The number of hydrogen-bond acceptors (Lipinski definition) is 5. The first kappa shape index (κ1) is 17.1. The van der Waals surface area contributed by atoms with E-state index in [1.807, 2.05) is 41.2 Å². The van der Waals surface area contributed by atoms with Gasteiger partial charge in [-0.05, 0) is 43.7 Å². The van der Waals surface area contributed by atoms with Crippen LogP contribution >= 0.6 is 0 Å². The highest BCUT2D eigenvalue weighted by Crippen LogP contribution is 2.34. The minimum Gasteiger partial charge on any atom is -0.454 e. The Hall–Kier alpha value is -2.99. The zero-order valence-electron chi connectivity index (χ0n) is 15.8. The fourth-order valence-electron chi connectivity index (χ4n) is 3.96. The van der Waals surface area contributed by atoms with E-state index in [4.69, 9.17) is 9.47 Å². The SMILES string of the molecule is c1ccc(-n2cc(CN3CCC[C@H](Nc4ccc5c(c4)OCO5)C3)cn2)cc1. The number of para-hydroxylation sites is 1. The molecule has 0 bridgehead atoms. The molecule has 1 fully saturated rings. The zero-order chi connectivity index (χ0) is 18.8. The van der Waals surface area contributed by atoms with E-state index in [1.165, 1.54) is 18.4 Å². The van der Waals surface area contributed by atoms with Crippen molar-refractivity contribution in [3.8, 4) is 17.2 Å². The van der Waals surface area contributed by atoms with Gasteiger partial charge >= 0.3 is 0 Å². The summed E-state index contributed by atoms with van der Waals surface area (Å²) in [4.78, 5) is 2.50. The van der Waals surface area contributed by atoms with Crippen LogP contribution in [0.15, 0.2) is 60.9 Å². The van der Waals surface area contributed by atoms with E-state index in [0.29, 0.717) is 12.8 Å². The van der Waals surface area contributed by atoms with Gasteiger partial charge in [0, 0.05) is 42.6 Å². The quantitative estimate of drug-likeness (QED) is 0.736. The molecule has 1 aromatic heterocycles. The standard InChI is InChI=1S/C22H24N4O2/c1-2-6-20(7-3-1)26-14-17(12-23-26)13-25-10-4-5-19(15-25)24-18-8-9-21-22(11-18)28-16-27-21/h1-3,6-9,11-12,14,19,24H,4-5,10,13,15-16H2/t19-/m0/s1. The van der Waals surface area contributed by atoms with E-state index in [0.717, 1.165) is 42.5 Å². The van der Waals surface area contributed by atoms with Crippen molar-refractivity contribution in [1.29, 1.82) is 0 Å². The largest absolute Gasteiger partial charge is 0.454 e. The maximum Gasteiger partial charge on any atom is 0.231 e. The first-order valence-corrected chi connectivity index (χ1v) is 9.81. The number of anilines is 1. The number of benzene rings is 2. The first-order valence-electron chi connectivity index (χ1n) is 9.81. The summed E-state index contributed by atoms with van der Waals surface area (Å²) in [6.45, 7) is 3.37. The number of rotatable bonds is 5. The number of likely N-dealkylation sites (tertiary alicyclic amines) is 1. The Morgan fingerprint density at radius 2 is 1.96 bits per heavy atom. The molecule has 3 heterocycles. The summed E-state index contributed by atoms with van der Waals surface area (Å²) in [6.07, 6.45) is 6.47. The summed E-state index contributed by atoms with van der Waals surface area (Å²) >= 11 is 0. The average molecular weight is 376 g/mol. The van der Waals surface area contributed by atoms with Gasteiger partial charge < -0.3 is 14.8 Å². The van der Waals surface area contributed by atoms with Gasteiger partial charge in [0.1, 0.15) is 0 Å². The number of fused-ring (bicyclic) bond motifs is 1. The van der Waals surface area contributed by atoms with Gasteiger partial charge in [0.25, 0.3) is 0 Å². The van der Waals surface area contributed by atoms with Gasteiger partial charge in [0.15, 0.2) is 11.5 Å². The highest BCUT2D eigenvalue weighted by molar-refractivity contribution is 5.56. The van der Waals surface area contributed by atoms with Crippen LogP contribution in [-0.2, 0) is 6.54 Å². The Bertz CT molecular complexity index is 941. The Morgan fingerprint density at radius 3 is 2.89 bits per heavy atom. The van der Waals surface area contributed by atoms with Gasteiger partial charge in [0.05, 0.1) is 11.9 Å². The van der Waals surface area contributed by atoms with Crippen LogP contribution in [0.2, 0.25) is 0 Å². The van der Waals surface area contributed by atoms with Crippen molar-refractivity contribution in [2.75, 3.05) is 25.2 Å². The van der Waals surface area contributed by atoms with Crippen molar-refractivity contribution in [2.24, 2.45) is 0 Å². The van der Waals surface area contributed by atoms with Crippen LogP contribution in [0.1, 0.15) is 18.4 Å². The molecule has 0 radical (unpaired) electrons. The molecular formula is C22H24N4O2. The lowest BCUT2D eigenvalue weighted by molar-refractivity contribution is 0.174. The molecule has 6 heteroatoms. The van der Waals surface area contributed by atoms with Crippen LogP contribution in [0, 0.1) is 0 Å². The van der Waals surface area contributed by atoms with E-state index >= 15 is 0 Å². The van der Waals surface area contributed by atoms with Gasteiger partial charge in [-0.15, -0.1) is 0 Å². The molecule has 2 aliphatic rings. The fraction of sp³-hybridized carbons (Fsp3) is 0.318.